The molecular formula is C11H14F3N. The Morgan fingerprint density at radius 1 is 1.20 bits per heavy atom. The summed E-state index contributed by atoms with van der Waals surface area (Å²) in [6.45, 7) is 4.52. The summed E-state index contributed by atoms with van der Waals surface area (Å²) in [7, 11) is 0. The molecule has 84 valence electrons. The van der Waals surface area contributed by atoms with Crippen molar-refractivity contribution in [2.75, 3.05) is 6.54 Å². The molecule has 0 saturated heterocycles. The summed E-state index contributed by atoms with van der Waals surface area (Å²) in [5.41, 5.74) is 0.417. The zero-order valence-electron chi connectivity index (χ0n) is 8.78. The van der Waals surface area contributed by atoms with Crippen LogP contribution in [0.25, 0.3) is 0 Å². The van der Waals surface area contributed by atoms with Crippen LogP contribution in [0.2, 0.25) is 0 Å². The molecule has 0 heterocycles. The summed E-state index contributed by atoms with van der Waals surface area (Å²) in [5, 5.41) is 3.07. The van der Waals surface area contributed by atoms with Gasteiger partial charge in [-0.25, -0.2) is 13.2 Å². The fourth-order valence-electron chi connectivity index (χ4n) is 1.30. The molecule has 1 aromatic carbocycles. The number of halogens is 3. The van der Waals surface area contributed by atoms with E-state index in [9.17, 15) is 13.2 Å². The van der Waals surface area contributed by atoms with Crippen molar-refractivity contribution < 1.29 is 13.2 Å². The van der Waals surface area contributed by atoms with Crippen LogP contribution in [-0.4, -0.2) is 6.54 Å². The van der Waals surface area contributed by atoms with E-state index in [1.54, 1.807) is 6.92 Å². The van der Waals surface area contributed by atoms with Crippen molar-refractivity contribution in [2.24, 2.45) is 0 Å². The van der Waals surface area contributed by atoms with Gasteiger partial charge in [-0.05, 0) is 37.6 Å². The first kappa shape index (κ1) is 12.0. The maximum absolute atomic E-state index is 12.9. The van der Waals surface area contributed by atoms with Crippen LogP contribution in [0.1, 0.15) is 31.9 Å². The smallest absolute Gasteiger partial charge is 0.194 e. The third-order valence-electron chi connectivity index (χ3n) is 2.21. The molecule has 0 aliphatic heterocycles. The number of rotatable bonds is 4. The van der Waals surface area contributed by atoms with Crippen LogP contribution in [0.5, 0.6) is 0 Å². The summed E-state index contributed by atoms with van der Waals surface area (Å²) in [6.07, 6.45) is 0.927. The highest BCUT2D eigenvalue weighted by molar-refractivity contribution is 5.22. The number of hydrogen-bond donors (Lipinski definition) is 1. The third-order valence-corrected chi connectivity index (χ3v) is 2.21. The predicted molar refractivity (Wildman–Crippen MR) is 53.0 cm³/mol. The maximum atomic E-state index is 12.9. The second-order valence-corrected chi connectivity index (χ2v) is 3.47. The lowest BCUT2D eigenvalue weighted by atomic mass is 10.1. The minimum absolute atomic E-state index is 0.186. The van der Waals surface area contributed by atoms with Gasteiger partial charge >= 0.3 is 0 Å². The van der Waals surface area contributed by atoms with Gasteiger partial charge in [0.15, 0.2) is 17.5 Å². The van der Waals surface area contributed by atoms with Gasteiger partial charge < -0.3 is 5.32 Å². The van der Waals surface area contributed by atoms with E-state index >= 15 is 0 Å². The lowest BCUT2D eigenvalue weighted by Gasteiger charge is -2.13. The molecule has 0 aromatic heterocycles. The maximum Gasteiger partial charge on any atom is 0.194 e. The van der Waals surface area contributed by atoms with Gasteiger partial charge in [-0.15, -0.1) is 0 Å². The van der Waals surface area contributed by atoms with Crippen LogP contribution in [0, 0.1) is 17.5 Å². The lowest BCUT2D eigenvalue weighted by Crippen LogP contribution is -2.19. The number of hydrogen-bond acceptors (Lipinski definition) is 1. The van der Waals surface area contributed by atoms with Crippen LogP contribution in [0.15, 0.2) is 12.1 Å². The van der Waals surface area contributed by atoms with Gasteiger partial charge in [-0.2, -0.15) is 0 Å². The van der Waals surface area contributed by atoms with Crippen LogP contribution in [-0.2, 0) is 0 Å². The van der Waals surface area contributed by atoms with E-state index in [-0.39, 0.29) is 6.04 Å². The van der Waals surface area contributed by atoms with E-state index in [2.05, 4.69) is 5.32 Å². The Morgan fingerprint density at radius 2 is 1.73 bits per heavy atom. The molecule has 1 rings (SSSR count). The van der Waals surface area contributed by atoms with Crippen LogP contribution >= 0.6 is 0 Å². The van der Waals surface area contributed by atoms with Gasteiger partial charge in [0.2, 0.25) is 0 Å². The summed E-state index contributed by atoms with van der Waals surface area (Å²) < 4.78 is 38.4. The first-order valence-electron chi connectivity index (χ1n) is 4.94. The molecule has 1 atom stereocenters. The van der Waals surface area contributed by atoms with Gasteiger partial charge in [0, 0.05) is 6.04 Å². The largest absolute Gasteiger partial charge is 0.310 e. The first-order chi connectivity index (χ1) is 7.06. The van der Waals surface area contributed by atoms with E-state index in [1.165, 1.54) is 0 Å². The highest BCUT2D eigenvalue weighted by Crippen LogP contribution is 2.18. The standard InChI is InChI=1S/C11H14F3N/c1-3-4-15-7(2)8-5-9(12)11(14)10(13)6-8/h5-7,15H,3-4H2,1-2H3. The zero-order chi connectivity index (χ0) is 11.4. The normalized spacial score (nSPS) is 12.9. The van der Waals surface area contributed by atoms with Crippen LogP contribution in [0.3, 0.4) is 0 Å². The molecule has 0 fully saturated rings. The Balaban J connectivity index is 2.86. The fourth-order valence-corrected chi connectivity index (χ4v) is 1.30. The van der Waals surface area contributed by atoms with Crippen molar-refractivity contribution in [3.63, 3.8) is 0 Å². The summed E-state index contributed by atoms with van der Waals surface area (Å²) in [6, 6.07) is 1.85. The minimum atomic E-state index is -1.42. The molecule has 0 aliphatic rings. The number of benzene rings is 1. The highest BCUT2D eigenvalue weighted by Gasteiger charge is 2.13. The molecule has 1 unspecified atom stereocenters. The van der Waals surface area contributed by atoms with Crippen molar-refractivity contribution in [1.82, 2.24) is 5.32 Å². The second kappa shape index (κ2) is 5.16. The van der Waals surface area contributed by atoms with Gasteiger partial charge in [0.1, 0.15) is 0 Å². The Kier molecular flexibility index (Phi) is 4.15. The molecule has 0 spiro atoms. The summed E-state index contributed by atoms with van der Waals surface area (Å²) >= 11 is 0. The Morgan fingerprint density at radius 3 is 2.20 bits per heavy atom. The van der Waals surface area contributed by atoms with E-state index < -0.39 is 17.5 Å². The average Bonchev–Trinajstić information content (AvgIpc) is 2.21. The highest BCUT2D eigenvalue weighted by atomic mass is 19.2. The van der Waals surface area contributed by atoms with Gasteiger partial charge in [-0.3, -0.25) is 0 Å². The molecule has 4 heteroatoms. The zero-order valence-corrected chi connectivity index (χ0v) is 8.78. The van der Waals surface area contributed by atoms with Crippen molar-refractivity contribution >= 4 is 0 Å². The van der Waals surface area contributed by atoms with E-state index in [0.717, 1.165) is 25.1 Å². The quantitative estimate of drug-likeness (QED) is 0.764. The molecule has 15 heavy (non-hydrogen) atoms. The monoisotopic (exact) mass is 217 g/mol. The van der Waals surface area contributed by atoms with E-state index in [0.29, 0.717) is 5.56 Å². The lowest BCUT2D eigenvalue weighted by molar-refractivity contribution is 0.441. The van der Waals surface area contributed by atoms with Gasteiger partial charge in [-0.1, -0.05) is 6.92 Å². The molecule has 1 N–H and O–H groups in total. The first-order valence-corrected chi connectivity index (χ1v) is 4.94. The fraction of sp³-hybridized carbons (Fsp3) is 0.455. The SMILES string of the molecule is CCCNC(C)c1cc(F)c(F)c(F)c1. The third kappa shape index (κ3) is 2.96. The molecule has 0 amide bonds. The van der Waals surface area contributed by atoms with Gasteiger partial charge in [0.25, 0.3) is 0 Å². The second-order valence-electron chi connectivity index (χ2n) is 3.47. The van der Waals surface area contributed by atoms with Crippen molar-refractivity contribution in [3.8, 4) is 0 Å². The molecule has 0 aliphatic carbocycles. The van der Waals surface area contributed by atoms with Crippen molar-refractivity contribution in [1.29, 1.82) is 0 Å². The van der Waals surface area contributed by atoms with Crippen molar-refractivity contribution in [2.45, 2.75) is 26.3 Å². The Bertz CT molecular complexity index is 316. The van der Waals surface area contributed by atoms with E-state index in [4.69, 9.17) is 0 Å². The minimum Gasteiger partial charge on any atom is -0.310 e. The Hall–Kier alpha value is -1.03. The molecule has 1 nitrogen and oxygen atoms in total. The Labute approximate surface area is 87.3 Å². The van der Waals surface area contributed by atoms with Gasteiger partial charge in [0.05, 0.1) is 0 Å². The van der Waals surface area contributed by atoms with Crippen molar-refractivity contribution in [3.05, 3.63) is 35.1 Å². The summed E-state index contributed by atoms with van der Waals surface area (Å²) in [4.78, 5) is 0. The number of nitrogens with one attached hydrogen (secondary N) is 1. The van der Waals surface area contributed by atoms with E-state index in [1.807, 2.05) is 6.92 Å². The average molecular weight is 217 g/mol. The molecular weight excluding hydrogens is 203 g/mol. The van der Waals surface area contributed by atoms with Crippen LogP contribution < -0.4 is 5.32 Å². The topological polar surface area (TPSA) is 12.0 Å². The molecule has 0 bridgehead atoms. The van der Waals surface area contributed by atoms with Crippen LogP contribution in [0.4, 0.5) is 13.2 Å². The summed E-state index contributed by atoms with van der Waals surface area (Å²) in [5.74, 6) is -3.70. The molecule has 1 aromatic rings. The predicted octanol–water partition coefficient (Wildman–Crippen LogP) is 3.16. The molecule has 0 radical (unpaired) electrons. The molecule has 0 saturated carbocycles.